The molecule has 0 aromatic carbocycles. The third-order valence-electron chi connectivity index (χ3n) is 9.11. The molecule has 0 radical (unpaired) electrons. The Morgan fingerprint density at radius 2 is 0.647 bits per heavy atom. The molecule has 3 nitrogen and oxygen atoms in total. The Balaban J connectivity index is 1.81. The Morgan fingerprint density at radius 3 is 0.882 bits per heavy atom. The Hall–Kier alpha value is 0.310. The third-order valence-corrected chi connectivity index (χ3v) is 10.4. The zero-order valence-electron chi connectivity index (χ0n) is 24.1. The lowest BCUT2D eigenvalue weighted by atomic mass is 9.71. The average molecular weight is 497 g/mol. The Kier molecular flexibility index (Phi) is 10.0. The molecule has 0 saturated heterocycles. The fourth-order valence-electron chi connectivity index (χ4n) is 7.05. The first-order valence-electron chi connectivity index (χ1n) is 14.6. The number of rotatable bonds is 6. The largest absolute Gasteiger partial charge is 0.333 e. The van der Waals surface area contributed by atoms with E-state index < -0.39 is 8.60 Å². The fraction of sp³-hybridized carbons (Fsp3) is 1.00. The highest BCUT2D eigenvalue weighted by Gasteiger charge is 2.43. The first-order valence-corrected chi connectivity index (χ1v) is 15.7. The molecule has 4 heteroatoms. The van der Waals surface area contributed by atoms with Gasteiger partial charge in [-0.2, -0.15) is 0 Å². The van der Waals surface area contributed by atoms with Crippen LogP contribution in [0.5, 0.6) is 0 Å². The molecule has 3 aliphatic carbocycles. The van der Waals surface area contributed by atoms with Crippen LogP contribution in [0.25, 0.3) is 0 Å². The van der Waals surface area contributed by atoms with Crippen LogP contribution < -0.4 is 0 Å². The van der Waals surface area contributed by atoms with Gasteiger partial charge in [0, 0.05) is 0 Å². The zero-order valence-corrected chi connectivity index (χ0v) is 25.0. The minimum atomic E-state index is -1.35. The maximum Gasteiger partial charge on any atom is 0.333 e. The van der Waals surface area contributed by atoms with E-state index in [0.29, 0.717) is 17.8 Å². The summed E-state index contributed by atoms with van der Waals surface area (Å²) in [5.41, 5.74) is 0.761. The predicted octanol–water partition coefficient (Wildman–Crippen LogP) is 10.1. The summed E-state index contributed by atoms with van der Waals surface area (Å²) < 4.78 is 20.9. The topological polar surface area (TPSA) is 27.7 Å². The molecule has 0 N–H and O–H groups in total. The molecule has 6 unspecified atom stereocenters. The van der Waals surface area contributed by atoms with E-state index in [0.717, 1.165) is 19.3 Å². The molecule has 3 aliphatic rings. The van der Waals surface area contributed by atoms with Crippen molar-refractivity contribution in [1.82, 2.24) is 0 Å². The van der Waals surface area contributed by atoms with Gasteiger partial charge in [-0.05, 0) is 72.5 Å². The average Bonchev–Trinajstić information content (AvgIpc) is 2.72. The zero-order chi connectivity index (χ0) is 25.1. The van der Waals surface area contributed by atoms with Crippen molar-refractivity contribution in [3.8, 4) is 0 Å². The van der Waals surface area contributed by atoms with Crippen LogP contribution in [0.4, 0.5) is 0 Å². The van der Waals surface area contributed by atoms with Gasteiger partial charge in [0.25, 0.3) is 0 Å². The summed E-state index contributed by atoms with van der Waals surface area (Å²) in [5.74, 6) is 1.73. The fourth-order valence-corrected chi connectivity index (χ4v) is 8.62. The van der Waals surface area contributed by atoms with Gasteiger partial charge < -0.3 is 13.6 Å². The molecular weight excluding hydrogens is 439 g/mol. The van der Waals surface area contributed by atoms with Gasteiger partial charge in [-0.1, -0.05) is 101 Å². The molecule has 0 aliphatic heterocycles. The Morgan fingerprint density at radius 1 is 0.412 bits per heavy atom. The van der Waals surface area contributed by atoms with Crippen LogP contribution in [0, 0.1) is 34.0 Å². The highest BCUT2D eigenvalue weighted by molar-refractivity contribution is 7.41. The SMILES string of the molecule is CC(C)(C)C1CCCCC1OP(OC1CCCCC1C(C)(C)C)OC1CCCCC1C(C)(C)C. The van der Waals surface area contributed by atoms with E-state index >= 15 is 0 Å². The summed E-state index contributed by atoms with van der Waals surface area (Å²) in [4.78, 5) is 0. The molecule has 6 atom stereocenters. The van der Waals surface area contributed by atoms with E-state index in [1.54, 1.807) is 0 Å². The predicted molar refractivity (Wildman–Crippen MR) is 146 cm³/mol. The summed E-state index contributed by atoms with van der Waals surface area (Å²) in [5, 5.41) is 0. The normalized spacial score (nSPS) is 35.2. The molecule has 3 rings (SSSR count). The van der Waals surface area contributed by atoms with Gasteiger partial charge in [0.05, 0.1) is 18.3 Å². The lowest BCUT2D eigenvalue weighted by molar-refractivity contribution is -0.0476. The third kappa shape index (κ3) is 7.90. The van der Waals surface area contributed by atoms with Crippen LogP contribution in [-0.4, -0.2) is 18.3 Å². The van der Waals surface area contributed by atoms with Crippen molar-refractivity contribution in [1.29, 1.82) is 0 Å². The van der Waals surface area contributed by atoms with Gasteiger partial charge in [0.2, 0.25) is 0 Å². The van der Waals surface area contributed by atoms with Crippen molar-refractivity contribution >= 4 is 8.60 Å². The minimum absolute atomic E-state index is 0.254. The molecule has 34 heavy (non-hydrogen) atoms. The Labute approximate surface area is 213 Å². The maximum absolute atomic E-state index is 6.98. The molecule has 0 amide bonds. The lowest BCUT2D eigenvalue weighted by Gasteiger charge is -2.45. The first-order chi connectivity index (χ1) is 15.8. The first kappa shape index (κ1) is 28.9. The number of hydrogen-bond acceptors (Lipinski definition) is 3. The molecule has 0 aromatic rings. The second kappa shape index (κ2) is 11.8. The van der Waals surface area contributed by atoms with Crippen molar-refractivity contribution in [3.63, 3.8) is 0 Å². The summed E-state index contributed by atoms with van der Waals surface area (Å²) in [6.45, 7) is 21.5. The van der Waals surface area contributed by atoms with Crippen LogP contribution >= 0.6 is 8.60 Å². The van der Waals surface area contributed by atoms with Crippen LogP contribution in [0.15, 0.2) is 0 Å². The van der Waals surface area contributed by atoms with Crippen molar-refractivity contribution < 1.29 is 13.6 Å². The van der Waals surface area contributed by atoms with Gasteiger partial charge in [-0.3, -0.25) is 0 Å². The van der Waals surface area contributed by atoms with Crippen LogP contribution in [0.2, 0.25) is 0 Å². The van der Waals surface area contributed by atoms with Crippen molar-refractivity contribution in [2.45, 2.75) is 158 Å². The summed E-state index contributed by atoms with van der Waals surface area (Å²) >= 11 is 0. The second-order valence-electron chi connectivity index (χ2n) is 14.9. The van der Waals surface area contributed by atoms with Gasteiger partial charge in [-0.25, -0.2) is 0 Å². The van der Waals surface area contributed by atoms with Crippen molar-refractivity contribution in [2.75, 3.05) is 0 Å². The lowest BCUT2D eigenvalue weighted by Crippen LogP contribution is -2.40. The van der Waals surface area contributed by atoms with Crippen molar-refractivity contribution in [3.05, 3.63) is 0 Å². The molecule has 0 spiro atoms. The van der Waals surface area contributed by atoms with E-state index in [2.05, 4.69) is 62.3 Å². The molecule has 200 valence electrons. The quantitative estimate of drug-likeness (QED) is 0.342. The molecule has 0 heterocycles. The Bertz CT molecular complexity index is 528. The van der Waals surface area contributed by atoms with Gasteiger partial charge >= 0.3 is 8.60 Å². The molecule has 0 bridgehead atoms. The molecular formula is C30H57O3P. The minimum Gasteiger partial charge on any atom is -0.309 e. The molecule has 3 saturated carbocycles. The van der Waals surface area contributed by atoms with Crippen LogP contribution in [-0.2, 0) is 13.6 Å². The van der Waals surface area contributed by atoms with E-state index in [1.165, 1.54) is 57.8 Å². The van der Waals surface area contributed by atoms with Gasteiger partial charge in [-0.15, -0.1) is 0 Å². The highest BCUT2D eigenvalue weighted by Crippen LogP contribution is 2.55. The standard InChI is InChI=1S/C30H57O3P/c1-28(2,3)22-16-10-13-19-25(22)31-34(32-26-20-14-11-17-23(26)29(4,5)6)33-27-21-15-12-18-24(27)30(7,8)9/h22-27H,10-21H2,1-9H3. The van der Waals surface area contributed by atoms with Gasteiger partial charge in [0.1, 0.15) is 0 Å². The van der Waals surface area contributed by atoms with Crippen molar-refractivity contribution in [2.24, 2.45) is 34.0 Å². The second-order valence-corrected chi connectivity index (χ2v) is 16.0. The van der Waals surface area contributed by atoms with E-state index in [9.17, 15) is 0 Å². The maximum atomic E-state index is 6.98. The smallest absolute Gasteiger partial charge is 0.309 e. The summed E-state index contributed by atoms with van der Waals surface area (Å²) in [6, 6.07) is 0. The van der Waals surface area contributed by atoms with Crippen LogP contribution in [0.1, 0.15) is 139 Å². The molecule has 3 fully saturated rings. The van der Waals surface area contributed by atoms with Crippen LogP contribution in [0.3, 0.4) is 0 Å². The van der Waals surface area contributed by atoms with E-state index in [4.69, 9.17) is 13.6 Å². The number of hydrogen-bond donors (Lipinski definition) is 0. The molecule has 0 aromatic heterocycles. The summed E-state index contributed by atoms with van der Waals surface area (Å²) in [7, 11) is -1.35. The van der Waals surface area contributed by atoms with E-state index in [-0.39, 0.29) is 34.6 Å². The monoisotopic (exact) mass is 496 g/mol. The highest BCUT2D eigenvalue weighted by atomic mass is 31.2. The van der Waals surface area contributed by atoms with E-state index in [1.807, 2.05) is 0 Å². The van der Waals surface area contributed by atoms with Gasteiger partial charge in [0.15, 0.2) is 0 Å². The summed E-state index contributed by atoms with van der Waals surface area (Å²) in [6.07, 6.45) is 15.8.